The summed E-state index contributed by atoms with van der Waals surface area (Å²) in [5, 5.41) is 12.9. The van der Waals surface area contributed by atoms with Crippen molar-refractivity contribution < 1.29 is 19.0 Å². The molecule has 0 aromatic heterocycles. The van der Waals surface area contributed by atoms with Gasteiger partial charge >= 0.3 is 0 Å². The van der Waals surface area contributed by atoms with Gasteiger partial charge in [-0.3, -0.25) is 4.79 Å². The maximum atomic E-state index is 13.6. The number of hydrogen-bond donors (Lipinski definition) is 2. The van der Waals surface area contributed by atoms with Crippen LogP contribution in [0.5, 0.6) is 5.75 Å². The van der Waals surface area contributed by atoms with Crippen LogP contribution in [0.3, 0.4) is 0 Å². The second kappa shape index (κ2) is 6.38. The van der Waals surface area contributed by atoms with Crippen molar-refractivity contribution >= 4 is 5.91 Å². The third-order valence-corrected chi connectivity index (χ3v) is 3.97. The number of fused-ring (bicyclic) bond motifs is 1. The molecule has 1 amide bonds. The van der Waals surface area contributed by atoms with Gasteiger partial charge < -0.3 is 15.2 Å². The monoisotopic (exact) mass is 315 g/mol. The van der Waals surface area contributed by atoms with Crippen LogP contribution in [0.4, 0.5) is 4.39 Å². The highest BCUT2D eigenvalue weighted by molar-refractivity contribution is 5.78. The van der Waals surface area contributed by atoms with Gasteiger partial charge in [-0.05, 0) is 35.7 Å². The van der Waals surface area contributed by atoms with Gasteiger partial charge in [-0.2, -0.15) is 0 Å². The molecule has 0 fully saturated rings. The first kappa shape index (κ1) is 15.5. The van der Waals surface area contributed by atoms with Crippen molar-refractivity contribution in [2.24, 2.45) is 0 Å². The first-order valence-electron chi connectivity index (χ1n) is 7.49. The number of ether oxygens (including phenoxy) is 1. The molecule has 2 unspecified atom stereocenters. The molecule has 0 saturated carbocycles. The Bertz CT molecular complexity index is 732. The number of rotatable bonds is 4. The molecule has 0 bridgehead atoms. The number of amides is 1. The van der Waals surface area contributed by atoms with Crippen molar-refractivity contribution in [1.82, 2.24) is 5.32 Å². The molecule has 1 aliphatic rings. The summed E-state index contributed by atoms with van der Waals surface area (Å²) < 4.78 is 18.8. The predicted octanol–water partition coefficient (Wildman–Crippen LogP) is 2.29. The molecule has 2 atom stereocenters. The van der Waals surface area contributed by atoms with E-state index in [1.54, 1.807) is 12.1 Å². The van der Waals surface area contributed by atoms with Gasteiger partial charge in [0, 0.05) is 6.42 Å². The minimum atomic E-state index is -0.660. The average molecular weight is 315 g/mol. The van der Waals surface area contributed by atoms with Gasteiger partial charge in [0.15, 0.2) is 18.2 Å². The van der Waals surface area contributed by atoms with E-state index in [0.717, 1.165) is 16.7 Å². The Balaban J connectivity index is 1.63. The van der Waals surface area contributed by atoms with Gasteiger partial charge in [0.25, 0.3) is 5.91 Å². The summed E-state index contributed by atoms with van der Waals surface area (Å²) in [6.07, 6.45) is -0.152. The highest BCUT2D eigenvalue weighted by atomic mass is 19.1. The van der Waals surface area contributed by atoms with E-state index in [2.05, 4.69) is 5.32 Å². The highest BCUT2D eigenvalue weighted by Gasteiger charge is 2.31. The molecule has 0 spiro atoms. The quantitative estimate of drug-likeness (QED) is 0.910. The van der Waals surface area contributed by atoms with E-state index in [0.29, 0.717) is 6.42 Å². The number of carbonyl (C=O) groups is 1. The fourth-order valence-electron chi connectivity index (χ4n) is 2.83. The van der Waals surface area contributed by atoms with Gasteiger partial charge in [-0.25, -0.2) is 4.39 Å². The SMILES string of the molecule is Cc1ccc(F)c(OCC(=O)NC2c3ccccc3CC2O)c1. The number of benzene rings is 2. The molecule has 2 aromatic rings. The van der Waals surface area contributed by atoms with Gasteiger partial charge in [0.2, 0.25) is 0 Å². The van der Waals surface area contributed by atoms with E-state index in [9.17, 15) is 14.3 Å². The molecule has 23 heavy (non-hydrogen) atoms. The van der Waals surface area contributed by atoms with Crippen molar-refractivity contribution in [3.8, 4) is 5.75 Å². The van der Waals surface area contributed by atoms with Crippen molar-refractivity contribution in [1.29, 1.82) is 0 Å². The van der Waals surface area contributed by atoms with Gasteiger partial charge in [-0.1, -0.05) is 30.3 Å². The van der Waals surface area contributed by atoms with Crippen LogP contribution in [0.1, 0.15) is 22.7 Å². The second-order valence-electron chi connectivity index (χ2n) is 5.74. The van der Waals surface area contributed by atoms with E-state index in [1.165, 1.54) is 6.07 Å². The molecule has 0 heterocycles. The normalized spacial score (nSPS) is 19.3. The van der Waals surface area contributed by atoms with Crippen LogP contribution >= 0.6 is 0 Å². The molecule has 2 N–H and O–H groups in total. The Kier molecular flexibility index (Phi) is 4.30. The smallest absolute Gasteiger partial charge is 0.258 e. The minimum absolute atomic E-state index is 0.0486. The molecule has 3 rings (SSSR count). The van der Waals surface area contributed by atoms with Crippen LogP contribution < -0.4 is 10.1 Å². The van der Waals surface area contributed by atoms with Crippen molar-refractivity contribution in [3.05, 3.63) is 65.0 Å². The summed E-state index contributed by atoms with van der Waals surface area (Å²) in [7, 11) is 0. The third-order valence-electron chi connectivity index (χ3n) is 3.97. The predicted molar refractivity (Wildman–Crippen MR) is 83.7 cm³/mol. The molecule has 1 aliphatic carbocycles. The zero-order valence-electron chi connectivity index (χ0n) is 12.8. The summed E-state index contributed by atoms with van der Waals surface area (Å²) in [4.78, 5) is 12.1. The lowest BCUT2D eigenvalue weighted by Gasteiger charge is -2.18. The molecule has 5 heteroatoms. The summed E-state index contributed by atoms with van der Waals surface area (Å²) in [6.45, 7) is 1.52. The van der Waals surface area contributed by atoms with Crippen LogP contribution in [-0.4, -0.2) is 23.7 Å². The molecule has 0 aliphatic heterocycles. The largest absolute Gasteiger partial charge is 0.481 e. The van der Waals surface area contributed by atoms with Crippen LogP contribution in [0, 0.1) is 12.7 Å². The summed E-state index contributed by atoms with van der Waals surface area (Å²) >= 11 is 0. The lowest BCUT2D eigenvalue weighted by atomic mass is 10.1. The Morgan fingerprint density at radius 1 is 1.35 bits per heavy atom. The Morgan fingerprint density at radius 3 is 2.96 bits per heavy atom. The van der Waals surface area contributed by atoms with Crippen molar-refractivity contribution in [2.45, 2.75) is 25.5 Å². The first-order valence-corrected chi connectivity index (χ1v) is 7.49. The number of carbonyl (C=O) groups excluding carboxylic acids is 1. The van der Waals surface area contributed by atoms with E-state index >= 15 is 0 Å². The van der Waals surface area contributed by atoms with E-state index in [1.807, 2.05) is 31.2 Å². The summed E-state index contributed by atoms with van der Waals surface area (Å²) in [6, 6.07) is 11.6. The minimum Gasteiger partial charge on any atom is -0.481 e. The molecule has 2 aromatic carbocycles. The Labute approximate surface area is 133 Å². The van der Waals surface area contributed by atoms with E-state index < -0.39 is 23.9 Å². The highest BCUT2D eigenvalue weighted by Crippen LogP contribution is 2.31. The maximum absolute atomic E-state index is 13.6. The van der Waals surface area contributed by atoms with Gasteiger partial charge in [0.05, 0.1) is 12.1 Å². The van der Waals surface area contributed by atoms with E-state index in [-0.39, 0.29) is 12.4 Å². The van der Waals surface area contributed by atoms with Crippen LogP contribution in [0.2, 0.25) is 0 Å². The summed E-state index contributed by atoms with van der Waals surface area (Å²) in [5.41, 5.74) is 2.79. The lowest BCUT2D eigenvalue weighted by Crippen LogP contribution is -2.36. The van der Waals surface area contributed by atoms with Crippen LogP contribution in [0.15, 0.2) is 42.5 Å². The van der Waals surface area contributed by atoms with Crippen LogP contribution in [0.25, 0.3) is 0 Å². The molecular weight excluding hydrogens is 297 g/mol. The maximum Gasteiger partial charge on any atom is 0.258 e. The topological polar surface area (TPSA) is 58.6 Å². The Morgan fingerprint density at radius 2 is 2.13 bits per heavy atom. The molecular formula is C18H18FNO3. The average Bonchev–Trinajstić information content (AvgIpc) is 2.84. The number of aryl methyl sites for hydroxylation is 1. The molecule has 0 saturated heterocycles. The summed E-state index contributed by atoms with van der Waals surface area (Å²) in [5.74, 6) is -0.853. The fourth-order valence-corrected chi connectivity index (χ4v) is 2.83. The first-order chi connectivity index (χ1) is 11.0. The van der Waals surface area contributed by atoms with Crippen LogP contribution in [-0.2, 0) is 11.2 Å². The van der Waals surface area contributed by atoms with Gasteiger partial charge in [-0.15, -0.1) is 0 Å². The number of aliphatic hydroxyl groups is 1. The molecule has 4 nitrogen and oxygen atoms in total. The Hall–Kier alpha value is -2.40. The zero-order chi connectivity index (χ0) is 16.4. The number of nitrogens with one attached hydrogen (secondary N) is 1. The molecule has 120 valence electrons. The number of hydrogen-bond acceptors (Lipinski definition) is 3. The molecule has 0 radical (unpaired) electrons. The number of aliphatic hydroxyl groups excluding tert-OH is 1. The standard InChI is InChI=1S/C18H18FNO3/c1-11-6-7-14(19)16(8-11)23-10-17(22)20-18-13-5-3-2-4-12(13)9-15(18)21/h2-8,15,18,21H,9-10H2,1H3,(H,20,22). The van der Waals surface area contributed by atoms with Gasteiger partial charge in [0.1, 0.15) is 0 Å². The fraction of sp³-hybridized carbons (Fsp3) is 0.278. The lowest BCUT2D eigenvalue weighted by molar-refractivity contribution is -0.124. The second-order valence-corrected chi connectivity index (χ2v) is 5.74. The van der Waals surface area contributed by atoms with E-state index in [4.69, 9.17) is 4.74 Å². The number of halogens is 1. The third kappa shape index (κ3) is 3.35. The zero-order valence-corrected chi connectivity index (χ0v) is 12.8. The van der Waals surface area contributed by atoms with Crippen molar-refractivity contribution in [3.63, 3.8) is 0 Å². The van der Waals surface area contributed by atoms with Crippen molar-refractivity contribution in [2.75, 3.05) is 6.61 Å².